The summed E-state index contributed by atoms with van der Waals surface area (Å²) in [7, 11) is 0. The number of benzene rings is 1. The molecule has 0 saturated heterocycles. The molecule has 1 heteroatoms. The van der Waals surface area contributed by atoms with Crippen molar-refractivity contribution in [1.82, 2.24) is 5.32 Å². The number of hydrogen-bond donors (Lipinski definition) is 1. The van der Waals surface area contributed by atoms with Crippen molar-refractivity contribution in [3.8, 4) is 0 Å². The Morgan fingerprint density at radius 2 is 2.11 bits per heavy atom. The number of rotatable bonds is 7. The summed E-state index contributed by atoms with van der Waals surface area (Å²) in [4.78, 5) is 0. The molecule has 2 atom stereocenters. The van der Waals surface area contributed by atoms with Gasteiger partial charge in [-0.1, -0.05) is 44.0 Å². The third kappa shape index (κ3) is 2.61. The second-order valence-corrected chi connectivity index (χ2v) is 6.09. The fourth-order valence-corrected chi connectivity index (χ4v) is 3.25. The van der Waals surface area contributed by atoms with Crippen molar-refractivity contribution < 1.29 is 0 Å². The van der Waals surface area contributed by atoms with Gasteiger partial charge >= 0.3 is 0 Å². The van der Waals surface area contributed by atoms with Crippen molar-refractivity contribution >= 4 is 0 Å². The monoisotopic (exact) mass is 243 g/mol. The highest BCUT2D eigenvalue weighted by molar-refractivity contribution is 5.41. The van der Waals surface area contributed by atoms with Crippen molar-refractivity contribution in [2.24, 2.45) is 5.92 Å². The Balaban J connectivity index is 1.61. The van der Waals surface area contributed by atoms with Crippen LogP contribution in [0.3, 0.4) is 0 Å². The van der Waals surface area contributed by atoms with Crippen molar-refractivity contribution in [3.05, 3.63) is 35.4 Å². The SMILES string of the molecule is CCCNC(CCC1CC1)C1Cc2ccccc21. The molecule has 1 aromatic carbocycles. The third-order valence-corrected chi connectivity index (χ3v) is 4.62. The van der Waals surface area contributed by atoms with Crippen molar-refractivity contribution in [2.45, 2.75) is 57.4 Å². The predicted octanol–water partition coefficient (Wildman–Crippen LogP) is 3.88. The third-order valence-electron chi connectivity index (χ3n) is 4.62. The lowest BCUT2D eigenvalue weighted by molar-refractivity contribution is 0.365. The molecule has 98 valence electrons. The molecular formula is C17H25N. The maximum atomic E-state index is 3.80. The standard InChI is InChI=1S/C17H25N/c1-2-11-18-17(10-9-13-7-8-13)16-12-14-5-3-4-6-15(14)16/h3-6,13,16-18H,2,7-12H2,1H3. The Hall–Kier alpha value is -0.820. The van der Waals surface area contributed by atoms with Gasteiger partial charge in [-0.2, -0.15) is 0 Å². The van der Waals surface area contributed by atoms with Crippen molar-refractivity contribution in [1.29, 1.82) is 0 Å². The highest BCUT2D eigenvalue weighted by Gasteiger charge is 2.33. The molecule has 2 aliphatic carbocycles. The number of nitrogens with one attached hydrogen (secondary N) is 1. The molecule has 0 aromatic heterocycles. The molecule has 3 rings (SSSR count). The Bertz CT molecular complexity index is 394. The van der Waals surface area contributed by atoms with Crippen LogP contribution in [0.25, 0.3) is 0 Å². The molecule has 1 N–H and O–H groups in total. The van der Waals surface area contributed by atoms with Gasteiger partial charge in [0.1, 0.15) is 0 Å². The van der Waals surface area contributed by atoms with E-state index in [0.29, 0.717) is 0 Å². The molecular weight excluding hydrogens is 218 g/mol. The molecule has 0 amide bonds. The minimum Gasteiger partial charge on any atom is -0.313 e. The van der Waals surface area contributed by atoms with Gasteiger partial charge in [0, 0.05) is 12.0 Å². The Kier molecular flexibility index (Phi) is 3.69. The minimum atomic E-state index is 0.723. The molecule has 18 heavy (non-hydrogen) atoms. The predicted molar refractivity (Wildman–Crippen MR) is 76.9 cm³/mol. The van der Waals surface area contributed by atoms with Crippen LogP contribution in [0.1, 0.15) is 56.1 Å². The summed E-state index contributed by atoms with van der Waals surface area (Å²) in [6.45, 7) is 3.44. The Morgan fingerprint density at radius 1 is 1.28 bits per heavy atom. The average molecular weight is 243 g/mol. The maximum Gasteiger partial charge on any atom is 0.0139 e. The summed E-state index contributed by atoms with van der Waals surface area (Å²) >= 11 is 0. The van der Waals surface area contributed by atoms with E-state index in [9.17, 15) is 0 Å². The summed E-state index contributed by atoms with van der Waals surface area (Å²) in [5.74, 6) is 1.85. The van der Waals surface area contributed by atoms with E-state index in [-0.39, 0.29) is 0 Å². The normalized spacial score (nSPS) is 23.3. The second kappa shape index (κ2) is 5.44. The van der Waals surface area contributed by atoms with Crippen molar-refractivity contribution in [3.63, 3.8) is 0 Å². The lowest BCUT2D eigenvalue weighted by atomic mass is 9.72. The molecule has 1 aromatic rings. The molecule has 1 saturated carbocycles. The average Bonchev–Trinajstić information content (AvgIpc) is 3.17. The van der Waals surface area contributed by atoms with Gasteiger partial charge in [0.25, 0.3) is 0 Å². The largest absolute Gasteiger partial charge is 0.313 e. The Labute approximate surface area is 111 Å². The molecule has 0 spiro atoms. The van der Waals surface area contributed by atoms with Gasteiger partial charge in [0.05, 0.1) is 0 Å². The van der Waals surface area contributed by atoms with Crippen LogP contribution in [0.15, 0.2) is 24.3 Å². The highest BCUT2D eigenvalue weighted by Crippen LogP contribution is 2.41. The van der Waals surface area contributed by atoms with E-state index in [4.69, 9.17) is 0 Å². The van der Waals surface area contributed by atoms with E-state index in [1.54, 1.807) is 11.1 Å². The first kappa shape index (κ1) is 12.2. The van der Waals surface area contributed by atoms with Gasteiger partial charge in [-0.3, -0.25) is 0 Å². The van der Waals surface area contributed by atoms with Gasteiger partial charge in [-0.15, -0.1) is 0 Å². The molecule has 0 aliphatic heterocycles. The quantitative estimate of drug-likeness (QED) is 0.766. The van der Waals surface area contributed by atoms with Crippen LogP contribution in [0.5, 0.6) is 0 Å². The van der Waals surface area contributed by atoms with Crippen LogP contribution < -0.4 is 5.32 Å². The van der Waals surface area contributed by atoms with Crippen LogP contribution in [0, 0.1) is 5.92 Å². The smallest absolute Gasteiger partial charge is 0.0139 e. The second-order valence-electron chi connectivity index (χ2n) is 6.09. The summed E-state index contributed by atoms with van der Waals surface area (Å²) in [6, 6.07) is 9.72. The summed E-state index contributed by atoms with van der Waals surface area (Å²) in [5, 5.41) is 3.80. The highest BCUT2D eigenvalue weighted by atomic mass is 14.9. The van der Waals surface area contributed by atoms with Crippen LogP contribution in [0.4, 0.5) is 0 Å². The van der Waals surface area contributed by atoms with Crippen LogP contribution in [-0.4, -0.2) is 12.6 Å². The number of fused-ring (bicyclic) bond motifs is 1. The zero-order valence-electron chi connectivity index (χ0n) is 11.5. The molecule has 1 nitrogen and oxygen atoms in total. The molecule has 2 unspecified atom stereocenters. The molecule has 1 fully saturated rings. The van der Waals surface area contributed by atoms with Gasteiger partial charge in [0.15, 0.2) is 0 Å². The van der Waals surface area contributed by atoms with Crippen molar-refractivity contribution in [2.75, 3.05) is 6.54 Å². The maximum absolute atomic E-state index is 3.80. The van der Waals surface area contributed by atoms with Gasteiger partial charge in [0.2, 0.25) is 0 Å². The minimum absolute atomic E-state index is 0.723. The van der Waals surface area contributed by atoms with Crippen LogP contribution in [0.2, 0.25) is 0 Å². The van der Waals surface area contributed by atoms with E-state index < -0.39 is 0 Å². The first-order chi connectivity index (χ1) is 8.88. The first-order valence-corrected chi connectivity index (χ1v) is 7.69. The molecule has 2 aliphatic rings. The first-order valence-electron chi connectivity index (χ1n) is 7.69. The van der Waals surface area contributed by atoms with Gasteiger partial charge in [-0.25, -0.2) is 0 Å². The van der Waals surface area contributed by atoms with E-state index in [0.717, 1.165) is 17.9 Å². The fourth-order valence-electron chi connectivity index (χ4n) is 3.25. The summed E-state index contributed by atoms with van der Waals surface area (Å²) in [5.41, 5.74) is 3.19. The summed E-state index contributed by atoms with van der Waals surface area (Å²) in [6.07, 6.45) is 8.34. The lowest BCUT2D eigenvalue weighted by Gasteiger charge is -2.37. The van der Waals surface area contributed by atoms with Crippen LogP contribution >= 0.6 is 0 Å². The Morgan fingerprint density at radius 3 is 2.83 bits per heavy atom. The van der Waals surface area contributed by atoms with Gasteiger partial charge < -0.3 is 5.32 Å². The number of hydrogen-bond acceptors (Lipinski definition) is 1. The molecule has 0 heterocycles. The van der Waals surface area contributed by atoms with E-state index >= 15 is 0 Å². The van der Waals surface area contributed by atoms with Crippen LogP contribution in [-0.2, 0) is 6.42 Å². The van der Waals surface area contributed by atoms with E-state index in [1.165, 1.54) is 45.1 Å². The summed E-state index contributed by atoms with van der Waals surface area (Å²) < 4.78 is 0. The molecule has 0 bridgehead atoms. The van der Waals surface area contributed by atoms with E-state index in [2.05, 4.69) is 36.5 Å². The fraction of sp³-hybridized carbons (Fsp3) is 0.647. The van der Waals surface area contributed by atoms with E-state index in [1.807, 2.05) is 0 Å². The topological polar surface area (TPSA) is 12.0 Å². The zero-order valence-corrected chi connectivity index (χ0v) is 11.5. The van der Waals surface area contributed by atoms with Gasteiger partial charge in [-0.05, 0) is 49.3 Å². The molecule has 0 radical (unpaired) electrons. The zero-order chi connectivity index (χ0) is 12.4. The lowest BCUT2D eigenvalue weighted by Crippen LogP contribution is -2.40.